The Balaban J connectivity index is 2.19. The fourth-order valence-corrected chi connectivity index (χ4v) is 4.09. The number of likely N-dealkylation sites (N-methyl/N-ethyl adjacent to an activating group) is 1. The standard InChI is InChI=1S/C21H18F3NO3S/c1-25(12-16(26)28-2)20-17(14-9-6-10-15(11-14)21(22,23)24)18(27)19(29-20)13-7-4-3-5-8-13/h3-11,27H,12H2,1-2H3. The van der Waals surface area contributed by atoms with E-state index in [2.05, 4.69) is 4.74 Å². The maximum Gasteiger partial charge on any atom is 0.416 e. The number of thiophene rings is 1. The van der Waals surface area contributed by atoms with Crippen molar-refractivity contribution in [3.8, 4) is 27.3 Å². The molecular weight excluding hydrogens is 403 g/mol. The summed E-state index contributed by atoms with van der Waals surface area (Å²) >= 11 is 1.19. The van der Waals surface area contributed by atoms with Crippen LogP contribution in [0.25, 0.3) is 21.6 Å². The third-order valence-corrected chi connectivity index (χ3v) is 5.66. The molecule has 8 heteroatoms. The average molecular weight is 421 g/mol. The molecule has 0 saturated heterocycles. The summed E-state index contributed by atoms with van der Waals surface area (Å²) in [6, 6.07) is 13.8. The van der Waals surface area contributed by atoms with Gasteiger partial charge in [-0.05, 0) is 23.3 Å². The number of esters is 1. The Hall–Kier alpha value is -3.00. The molecule has 4 nitrogen and oxygen atoms in total. The molecule has 2 aromatic carbocycles. The van der Waals surface area contributed by atoms with Gasteiger partial charge in [-0.15, -0.1) is 11.3 Å². The van der Waals surface area contributed by atoms with Crippen molar-refractivity contribution in [3.63, 3.8) is 0 Å². The summed E-state index contributed by atoms with van der Waals surface area (Å²) in [5.41, 5.74) is 0.359. The van der Waals surface area contributed by atoms with Gasteiger partial charge < -0.3 is 14.7 Å². The van der Waals surface area contributed by atoms with E-state index in [1.54, 1.807) is 36.2 Å². The summed E-state index contributed by atoms with van der Waals surface area (Å²) in [7, 11) is 2.87. The van der Waals surface area contributed by atoms with Gasteiger partial charge in [-0.3, -0.25) is 4.79 Å². The van der Waals surface area contributed by atoms with Gasteiger partial charge in [0.2, 0.25) is 0 Å². The smallest absolute Gasteiger partial charge is 0.416 e. The lowest BCUT2D eigenvalue weighted by molar-refractivity contribution is -0.139. The molecule has 0 aliphatic rings. The van der Waals surface area contributed by atoms with Crippen molar-refractivity contribution in [1.29, 1.82) is 0 Å². The number of nitrogens with zero attached hydrogens (tertiary/aromatic N) is 1. The molecule has 0 radical (unpaired) electrons. The molecule has 0 aliphatic carbocycles. The Bertz CT molecular complexity index is 1020. The summed E-state index contributed by atoms with van der Waals surface area (Å²) in [5, 5.41) is 11.4. The molecule has 3 rings (SSSR count). The van der Waals surface area contributed by atoms with E-state index < -0.39 is 17.7 Å². The zero-order chi connectivity index (χ0) is 21.2. The van der Waals surface area contributed by atoms with E-state index in [9.17, 15) is 23.1 Å². The number of carbonyl (C=O) groups is 1. The van der Waals surface area contributed by atoms with Gasteiger partial charge in [0.05, 0.1) is 23.1 Å². The number of hydrogen-bond acceptors (Lipinski definition) is 5. The lowest BCUT2D eigenvalue weighted by Gasteiger charge is -2.18. The van der Waals surface area contributed by atoms with Crippen LogP contribution in [-0.2, 0) is 15.7 Å². The van der Waals surface area contributed by atoms with Crippen LogP contribution in [-0.4, -0.2) is 31.8 Å². The minimum absolute atomic E-state index is 0.114. The summed E-state index contributed by atoms with van der Waals surface area (Å²) in [6.07, 6.45) is -4.51. The predicted octanol–water partition coefficient (Wildman–Crippen LogP) is 5.42. The lowest BCUT2D eigenvalue weighted by atomic mass is 10.0. The van der Waals surface area contributed by atoms with E-state index in [4.69, 9.17) is 0 Å². The molecule has 1 N–H and O–H groups in total. The van der Waals surface area contributed by atoms with Crippen LogP contribution in [0.4, 0.5) is 18.2 Å². The maximum atomic E-state index is 13.2. The second kappa shape index (κ2) is 8.16. The van der Waals surface area contributed by atoms with E-state index in [0.717, 1.165) is 17.7 Å². The molecule has 0 fully saturated rings. The first-order valence-electron chi connectivity index (χ1n) is 8.59. The van der Waals surface area contributed by atoms with Crippen molar-refractivity contribution in [2.45, 2.75) is 6.18 Å². The molecule has 0 bridgehead atoms. The van der Waals surface area contributed by atoms with E-state index in [0.29, 0.717) is 9.88 Å². The number of halogens is 3. The topological polar surface area (TPSA) is 49.8 Å². The van der Waals surface area contributed by atoms with Gasteiger partial charge in [0.25, 0.3) is 0 Å². The van der Waals surface area contributed by atoms with Gasteiger partial charge in [-0.2, -0.15) is 13.2 Å². The van der Waals surface area contributed by atoms with Gasteiger partial charge in [0.15, 0.2) is 0 Å². The Kier molecular flexibility index (Phi) is 5.83. The monoisotopic (exact) mass is 421 g/mol. The first-order chi connectivity index (χ1) is 13.7. The van der Waals surface area contributed by atoms with Gasteiger partial charge in [0.1, 0.15) is 17.3 Å². The number of hydrogen-bond donors (Lipinski definition) is 1. The Morgan fingerprint density at radius 2 is 1.76 bits per heavy atom. The highest BCUT2D eigenvalue weighted by molar-refractivity contribution is 7.20. The number of benzene rings is 2. The number of carbonyl (C=O) groups excluding carboxylic acids is 1. The van der Waals surface area contributed by atoms with Crippen LogP contribution >= 0.6 is 11.3 Å². The van der Waals surface area contributed by atoms with Crippen LogP contribution in [0.2, 0.25) is 0 Å². The lowest BCUT2D eigenvalue weighted by Crippen LogP contribution is -2.26. The van der Waals surface area contributed by atoms with Crippen LogP contribution < -0.4 is 4.90 Å². The van der Waals surface area contributed by atoms with Gasteiger partial charge >= 0.3 is 12.1 Å². The summed E-state index contributed by atoms with van der Waals surface area (Å²) in [5.74, 6) is -0.635. The number of ether oxygens (including phenoxy) is 1. The van der Waals surface area contributed by atoms with Crippen LogP contribution in [0, 0.1) is 0 Å². The Morgan fingerprint density at radius 1 is 1.10 bits per heavy atom. The number of aromatic hydroxyl groups is 1. The fraction of sp³-hybridized carbons (Fsp3) is 0.190. The zero-order valence-electron chi connectivity index (χ0n) is 15.7. The van der Waals surface area contributed by atoms with Crippen molar-refractivity contribution in [2.24, 2.45) is 0 Å². The largest absolute Gasteiger partial charge is 0.506 e. The fourth-order valence-electron chi connectivity index (χ4n) is 2.91. The van der Waals surface area contributed by atoms with Crippen molar-refractivity contribution in [3.05, 3.63) is 60.2 Å². The molecular formula is C21H18F3NO3S. The molecule has 1 heterocycles. The molecule has 0 amide bonds. The second-order valence-electron chi connectivity index (χ2n) is 6.34. The molecule has 1 aromatic heterocycles. The molecule has 0 spiro atoms. The summed E-state index contributed by atoms with van der Waals surface area (Å²) in [6.45, 7) is -0.114. The molecule has 0 saturated carbocycles. The SMILES string of the molecule is COC(=O)CN(C)c1sc(-c2ccccc2)c(O)c1-c1cccc(C(F)(F)F)c1. The van der Waals surface area contributed by atoms with Gasteiger partial charge in [-0.1, -0.05) is 42.5 Å². The van der Waals surface area contributed by atoms with Crippen LogP contribution in [0.3, 0.4) is 0 Å². The quantitative estimate of drug-likeness (QED) is 0.559. The highest BCUT2D eigenvalue weighted by Crippen LogP contribution is 2.52. The molecule has 0 aliphatic heterocycles. The van der Waals surface area contributed by atoms with E-state index >= 15 is 0 Å². The number of rotatable bonds is 5. The van der Waals surface area contributed by atoms with E-state index in [-0.39, 0.29) is 23.4 Å². The van der Waals surface area contributed by atoms with Crippen LogP contribution in [0.15, 0.2) is 54.6 Å². The Morgan fingerprint density at radius 3 is 2.38 bits per heavy atom. The van der Waals surface area contributed by atoms with Crippen LogP contribution in [0.5, 0.6) is 5.75 Å². The third-order valence-electron chi connectivity index (χ3n) is 4.32. The summed E-state index contributed by atoms with van der Waals surface area (Å²) < 4.78 is 44.3. The average Bonchev–Trinajstić information content (AvgIpc) is 3.05. The minimum atomic E-state index is -4.51. The third kappa shape index (κ3) is 4.37. The molecule has 3 aromatic rings. The van der Waals surface area contributed by atoms with E-state index in [1.807, 2.05) is 6.07 Å². The van der Waals surface area contributed by atoms with Crippen molar-refractivity contribution in [2.75, 3.05) is 25.6 Å². The van der Waals surface area contributed by atoms with Gasteiger partial charge in [-0.25, -0.2) is 0 Å². The molecule has 0 atom stereocenters. The predicted molar refractivity (Wildman–Crippen MR) is 107 cm³/mol. The van der Waals surface area contributed by atoms with Crippen molar-refractivity contribution in [1.82, 2.24) is 0 Å². The number of alkyl halides is 3. The second-order valence-corrected chi connectivity index (χ2v) is 7.34. The van der Waals surface area contributed by atoms with Crippen molar-refractivity contribution < 1.29 is 27.8 Å². The highest BCUT2D eigenvalue weighted by Gasteiger charge is 2.32. The highest BCUT2D eigenvalue weighted by atomic mass is 32.1. The van der Waals surface area contributed by atoms with Gasteiger partial charge in [0, 0.05) is 7.05 Å². The van der Waals surface area contributed by atoms with Crippen LogP contribution in [0.1, 0.15) is 5.56 Å². The normalized spacial score (nSPS) is 11.3. The molecule has 152 valence electrons. The maximum absolute atomic E-state index is 13.2. The summed E-state index contributed by atoms with van der Waals surface area (Å²) in [4.78, 5) is 13.8. The first-order valence-corrected chi connectivity index (χ1v) is 9.40. The first kappa shape index (κ1) is 20.7. The molecule has 29 heavy (non-hydrogen) atoms. The number of anilines is 1. The zero-order valence-corrected chi connectivity index (χ0v) is 16.5. The minimum Gasteiger partial charge on any atom is -0.506 e. The number of methoxy groups -OCH3 is 1. The molecule has 0 unspecified atom stereocenters. The van der Waals surface area contributed by atoms with Crippen molar-refractivity contribution >= 4 is 22.3 Å². The Labute approximate surface area is 169 Å². The van der Waals surface area contributed by atoms with E-state index in [1.165, 1.54) is 30.6 Å².